The van der Waals surface area contributed by atoms with Crippen LogP contribution in [0, 0.1) is 0 Å². The average molecular weight is 626 g/mol. The lowest BCUT2D eigenvalue weighted by Gasteiger charge is -2.27. The normalized spacial score (nSPS) is 15.2. The minimum Gasteiger partial charge on any atom is -0.481 e. The number of ketones is 1. The quantitative estimate of drug-likeness (QED) is 0.177. The van der Waals surface area contributed by atoms with E-state index in [9.17, 15) is 14.4 Å². The second-order valence-corrected chi connectivity index (χ2v) is 10.6. The molecule has 0 saturated carbocycles. The number of carboxylic acids is 1. The van der Waals surface area contributed by atoms with Crippen molar-refractivity contribution in [2.75, 3.05) is 11.9 Å². The first-order chi connectivity index (χ1) is 17.8. The Hall–Kier alpha value is -3.23. The van der Waals surface area contributed by atoms with Crippen molar-refractivity contribution in [3.05, 3.63) is 110 Å². The Morgan fingerprint density at radius 3 is 2.08 bits per heavy atom. The molecule has 4 rings (SSSR count). The summed E-state index contributed by atoms with van der Waals surface area (Å²) in [6.45, 7) is 0.399. The lowest BCUT2D eigenvalue weighted by molar-refractivity contribution is -0.137. The molecule has 1 aliphatic heterocycles. The molecule has 1 aliphatic rings. The maximum Gasteiger partial charge on any atom is 0.303 e. The van der Waals surface area contributed by atoms with Crippen molar-refractivity contribution in [2.24, 2.45) is 0 Å². The predicted octanol–water partition coefficient (Wildman–Crippen LogP) is 6.99. The Morgan fingerprint density at radius 2 is 1.46 bits per heavy atom. The third-order valence-electron chi connectivity index (χ3n) is 6.20. The van der Waals surface area contributed by atoms with Gasteiger partial charge in [-0.15, -0.1) is 0 Å². The van der Waals surface area contributed by atoms with Gasteiger partial charge in [0, 0.05) is 33.2 Å². The number of nitrogens with zero attached hydrogens (tertiary/aromatic N) is 1. The first kappa shape index (κ1) is 26.8. The van der Waals surface area contributed by atoms with E-state index >= 15 is 0 Å². The van der Waals surface area contributed by atoms with Gasteiger partial charge in [-0.3, -0.25) is 14.4 Å². The number of aliphatic carboxylic acids is 1. The van der Waals surface area contributed by atoms with Crippen LogP contribution in [-0.4, -0.2) is 34.2 Å². The number of halogens is 2. The van der Waals surface area contributed by atoms with Crippen LogP contribution in [0.5, 0.6) is 0 Å². The summed E-state index contributed by atoms with van der Waals surface area (Å²) in [5, 5.41) is 12.2. The lowest BCUT2D eigenvalue weighted by atomic mass is 9.92. The number of carboxylic acid groups (broad SMARTS) is 1. The summed E-state index contributed by atoms with van der Waals surface area (Å²) in [4.78, 5) is 40.5. The third-order valence-corrected chi connectivity index (χ3v) is 7.26. The summed E-state index contributed by atoms with van der Waals surface area (Å²) >= 11 is 6.89. The summed E-state index contributed by atoms with van der Waals surface area (Å²) < 4.78 is 1.75. The highest BCUT2D eigenvalue weighted by Crippen LogP contribution is 2.40. The summed E-state index contributed by atoms with van der Waals surface area (Å²) in [7, 11) is 0. The molecule has 0 aliphatic carbocycles. The molecular weight excluding hydrogens is 600 g/mol. The van der Waals surface area contributed by atoms with Crippen LogP contribution in [0.1, 0.15) is 47.6 Å². The molecule has 3 aromatic rings. The van der Waals surface area contributed by atoms with Gasteiger partial charge in [0.2, 0.25) is 0 Å². The van der Waals surface area contributed by atoms with Gasteiger partial charge in [0.1, 0.15) is 5.70 Å². The van der Waals surface area contributed by atoms with Gasteiger partial charge in [-0.2, -0.15) is 0 Å². The number of Topliss-reactive ketones (excluding diaryl/α,β-unsaturated/α-hetero) is 1. The molecule has 0 radical (unpaired) electrons. The summed E-state index contributed by atoms with van der Waals surface area (Å²) in [6.07, 6.45) is 1.93. The van der Waals surface area contributed by atoms with Gasteiger partial charge in [-0.25, -0.2) is 0 Å². The number of anilines is 1. The van der Waals surface area contributed by atoms with E-state index in [1.807, 2.05) is 66.7 Å². The molecule has 6 nitrogen and oxygen atoms in total. The molecule has 2 N–H and O–H groups in total. The van der Waals surface area contributed by atoms with Crippen molar-refractivity contribution < 1.29 is 19.5 Å². The molecule has 1 heterocycles. The number of benzene rings is 3. The number of rotatable bonds is 11. The Morgan fingerprint density at radius 1 is 0.838 bits per heavy atom. The molecule has 37 heavy (non-hydrogen) atoms. The van der Waals surface area contributed by atoms with Crippen molar-refractivity contribution in [1.29, 1.82) is 0 Å². The fourth-order valence-corrected chi connectivity index (χ4v) is 4.94. The average Bonchev–Trinajstić information content (AvgIpc) is 3.16. The summed E-state index contributed by atoms with van der Waals surface area (Å²) in [5.74, 6) is -1.31. The first-order valence-electron chi connectivity index (χ1n) is 12.0. The monoisotopic (exact) mass is 624 g/mol. The molecule has 0 fully saturated rings. The topological polar surface area (TPSA) is 86.7 Å². The smallest absolute Gasteiger partial charge is 0.303 e. The van der Waals surface area contributed by atoms with Gasteiger partial charge in [0.25, 0.3) is 5.91 Å². The van der Waals surface area contributed by atoms with E-state index < -0.39 is 12.0 Å². The Kier molecular flexibility index (Phi) is 8.95. The molecular formula is C29H26Br2N2O4. The van der Waals surface area contributed by atoms with Crippen LogP contribution in [-0.2, 0) is 9.59 Å². The van der Waals surface area contributed by atoms with Gasteiger partial charge < -0.3 is 15.3 Å². The summed E-state index contributed by atoms with van der Waals surface area (Å²) in [5.41, 5.74) is 2.68. The number of carbonyl (C=O) groups is 3. The maximum atomic E-state index is 14.0. The fourth-order valence-electron chi connectivity index (χ4n) is 4.41. The van der Waals surface area contributed by atoms with Crippen molar-refractivity contribution in [3.63, 3.8) is 0 Å². The minimum absolute atomic E-state index is 0.0937. The van der Waals surface area contributed by atoms with E-state index in [1.165, 1.54) is 0 Å². The molecule has 1 amide bonds. The standard InChI is InChI=1S/C29H26Br2N2O4/c30-21-14-10-19(11-15-21)27-25(28(36)20-12-16-22(31)17-13-20)26(32-23-7-3-1-4-8-23)29(37)33(27)18-6-2-5-9-24(34)35/h1,3-4,7-8,10-17,27,32H,2,5-6,9,18H2,(H,34,35). The van der Waals surface area contributed by atoms with E-state index in [0.29, 0.717) is 42.6 Å². The number of hydrogen-bond acceptors (Lipinski definition) is 4. The van der Waals surface area contributed by atoms with Crippen molar-refractivity contribution >= 4 is 55.2 Å². The largest absolute Gasteiger partial charge is 0.481 e. The molecule has 8 heteroatoms. The number of carbonyl (C=O) groups excluding carboxylic acids is 2. The zero-order valence-corrected chi connectivity index (χ0v) is 23.2. The van der Waals surface area contributed by atoms with Gasteiger partial charge in [-0.1, -0.05) is 68.6 Å². The zero-order valence-electron chi connectivity index (χ0n) is 20.0. The van der Waals surface area contributed by atoms with Gasteiger partial charge in [0.05, 0.1) is 11.6 Å². The predicted molar refractivity (Wildman–Crippen MR) is 150 cm³/mol. The molecule has 0 spiro atoms. The molecule has 0 aromatic heterocycles. The van der Waals surface area contributed by atoms with E-state index in [2.05, 4.69) is 37.2 Å². The molecule has 190 valence electrons. The van der Waals surface area contributed by atoms with Gasteiger partial charge in [0.15, 0.2) is 5.78 Å². The van der Waals surface area contributed by atoms with Crippen LogP contribution in [0.3, 0.4) is 0 Å². The number of para-hydroxylation sites is 1. The second-order valence-electron chi connectivity index (χ2n) is 8.77. The highest BCUT2D eigenvalue weighted by molar-refractivity contribution is 9.10. The van der Waals surface area contributed by atoms with Crippen molar-refractivity contribution in [3.8, 4) is 0 Å². The van der Waals surface area contributed by atoms with E-state index in [-0.39, 0.29) is 23.8 Å². The Labute approximate surface area is 232 Å². The number of amides is 1. The molecule has 1 atom stereocenters. The molecule has 0 bridgehead atoms. The number of unbranched alkanes of at least 4 members (excludes halogenated alkanes) is 2. The summed E-state index contributed by atoms with van der Waals surface area (Å²) in [6, 6.07) is 23.5. The van der Waals surface area contributed by atoms with Gasteiger partial charge in [-0.05, 0) is 66.9 Å². The third kappa shape index (κ3) is 6.56. The number of hydrogen-bond donors (Lipinski definition) is 2. The van der Waals surface area contributed by atoms with Crippen LogP contribution in [0.4, 0.5) is 5.69 Å². The van der Waals surface area contributed by atoms with E-state index in [1.54, 1.807) is 17.0 Å². The van der Waals surface area contributed by atoms with E-state index in [4.69, 9.17) is 5.11 Å². The number of nitrogens with one attached hydrogen (secondary N) is 1. The van der Waals surface area contributed by atoms with E-state index in [0.717, 1.165) is 14.5 Å². The van der Waals surface area contributed by atoms with Crippen LogP contribution in [0.2, 0.25) is 0 Å². The highest BCUT2D eigenvalue weighted by atomic mass is 79.9. The Balaban J connectivity index is 1.76. The fraction of sp³-hybridized carbons (Fsp3) is 0.207. The van der Waals surface area contributed by atoms with Crippen LogP contribution in [0.15, 0.2) is 99.1 Å². The molecule has 3 aromatic carbocycles. The molecule has 1 unspecified atom stereocenters. The molecule has 0 saturated heterocycles. The van der Waals surface area contributed by atoms with Gasteiger partial charge >= 0.3 is 5.97 Å². The lowest BCUT2D eigenvalue weighted by Crippen LogP contribution is -2.32. The van der Waals surface area contributed by atoms with Crippen LogP contribution in [0.25, 0.3) is 0 Å². The Bertz CT molecular complexity index is 1310. The second kappa shape index (κ2) is 12.3. The van der Waals surface area contributed by atoms with Crippen molar-refractivity contribution in [2.45, 2.75) is 31.7 Å². The zero-order chi connectivity index (χ0) is 26.4. The maximum absolute atomic E-state index is 14.0. The highest BCUT2D eigenvalue weighted by Gasteiger charge is 2.43. The SMILES string of the molecule is O=C(O)CCCCCN1C(=O)C(Nc2ccccc2)=C(C(=O)c2ccc(Br)cc2)C1c1ccc(Br)cc1. The van der Waals surface area contributed by atoms with Crippen LogP contribution < -0.4 is 5.32 Å². The van der Waals surface area contributed by atoms with Crippen LogP contribution >= 0.6 is 31.9 Å². The van der Waals surface area contributed by atoms with Crippen molar-refractivity contribution in [1.82, 2.24) is 4.90 Å². The minimum atomic E-state index is -0.830. The first-order valence-corrected chi connectivity index (χ1v) is 13.6.